The van der Waals surface area contributed by atoms with Crippen LogP contribution in [0.15, 0.2) is 18.2 Å². The Morgan fingerprint density at radius 1 is 1.33 bits per heavy atom. The van der Waals surface area contributed by atoms with Gasteiger partial charge in [-0.3, -0.25) is 0 Å². The van der Waals surface area contributed by atoms with Crippen LogP contribution in [0.25, 0.3) is 0 Å². The molecule has 0 spiro atoms. The summed E-state index contributed by atoms with van der Waals surface area (Å²) >= 11 is 0. The molecule has 1 aromatic rings. The Morgan fingerprint density at radius 2 is 2.07 bits per heavy atom. The molecule has 1 N–H and O–H groups in total. The first kappa shape index (κ1) is 12.0. The van der Waals surface area contributed by atoms with Gasteiger partial charge in [0.2, 0.25) is 5.88 Å². The molecule has 3 heteroatoms. The number of hydrogen-bond donors (Lipinski definition) is 1. The van der Waals surface area contributed by atoms with Crippen LogP contribution in [-0.2, 0) is 6.42 Å². The Balaban J connectivity index is 2.57. The average Bonchev–Trinajstić information content (AvgIpc) is 2.14. The molecule has 0 amide bonds. The van der Waals surface area contributed by atoms with Crippen molar-refractivity contribution in [3.63, 3.8) is 0 Å². The van der Waals surface area contributed by atoms with Gasteiger partial charge in [-0.05, 0) is 18.9 Å². The molecule has 0 bridgehead atoms. The lowest BCUT2D eigenvalue weighted by Crippen LogP contribution is -2.09. The molecule has 15 heavy (non-hydrogen) atoms. The third kappa shape index (κ3) is 4.79. The van der Waals surface area contributed by atoms with Gasteiger partial charge in [-0.25, -0.2) is 4.98 Å². The van der Waals surface area contributed by atoms with E-state index in [-0.39, 0.29) is 6.10 Å². The van der Waals surface area contributed by atoms with Crippen LogP contribution in [-0.4, -0.2) is 22.8 Å². The molecular weight excluding hydrogens is 190 g/mol. The van der Waals surface area contributed by atoms with Crippen molar-refractivity contribution in [3.8, 4) is 5.88 Å². The Hall–Kier alpha value is -1.09. The molecule has 0 radical (unpaired) electrons. The molecule has 1 atom stereocenters. The maximum Gasteiger partial charge on any atom is 0.213 e. The smallest absolute Gasteiger partial charge is 0.213 e. The van der Waals surface area contributed by atoms with E-state index >= 15 is 0 Å². The third-order valence-corrected chi connectivity index (χ3v) is 1.85. The fraction of sp³-hybridized carbons (Fsp3) is 0.583. The molecular formula is C12H19NO2. The first-order valence-corrected chi connectivity index (χ1v) is 5.34. The van der Waals surface area contributed by atoms with E-state index in [1.165, 1.54) is 0 Å². The summed E-state index contributed by atoms with van der Waals surface area (Å²) in [5.74, 6) is 1.13. The van der Waals surface area contributed by atoms with Crippen molar-refractivity contribution >= 4 is 0 Å². The summed E-state index contributed by atoms with van der Waals surface area (Å²) in [7, 11) is 0. The molecule has 0 fully saturated rings. The monoisotopic (exact) mass is 209 g/mol. The van der Waals surface area contributed by atoms with Crippen molar-refractivity contribution < 1.29 is 9.84 Å². The van der Waals surface area contributed by atoms with Crippen LogP contribution < -0.4 is 4.74 Å². The molecule has 0 aliphatic heterocycles. The van der Waals surface area contributed by atoms with Gasteiger partial charge in [0, 0.05) is 18.2 Å². The van der Waals surface area contributed by atoms with Gasteiger partial charge in [-0.1, -0.05) is 19.9 Å². The highest BCUT2D eigenvalue weighted by Crippen LogP contribution is 2.10. The zero-order valence-electron chi connectivity index (χ0n) is 9.60. The number of nitrogens with zero attached hydrogens (tertiary/aromatic N) is 1. The van der Waals surface area contributed by atoms with E-state index in [2.05, 4.69) is 18.8 Å². The topological polar surface area (TPSA) is 42.4 Å². The molecule has 0 aromatic carbocycles. The number of aliphatic hydroxyl groups excluding tert-OH is 1. The number of rotatable bonds is 5. The summed E-state index contributed by atoms with van der Waals surface area (Å²) in [6, 6.07) is 5.64. The van der Waals surface area contributed by atoms with Crippen molar-refractivity contribution in [2.45, 2.75) is 33.3 Å². The van der Waals surface area contributed by atoms with E-state index in [4.69, 9.17) is 4.74 Å². The van der Waals surface area contributed by atoms with Crippen LogP contribution in [0.1, 0.15) is 26.5 Å². The average molecular weight is 209 g/mol. The zero-order valence-corrected chi connectivity index (χ0v) is 9.60. The van der Waals surface area contributed by atoms with E-state index in [1.54, 1.807) is 6.92 Å². The summed E-state index contributed by atoms with van der Waals surface area (Å²) in [6.45, 7) is 6.62. The van der Waals surface area contributed by atoms with Crippen molar-refractivity contribution in [3.05, 3.63) is 23.9 Å². The largest absolute Gasteiger partial charge is 0.477 e. The highest BCUT2D eigenvalue weighted by molar-refractivity contribution is 5.16. The van der Waals surface area contributed by atoms with Crippen LogP contribution in [0.3, 0.4) is 0 Å². The van der Waals surface area contributed by atoms with Gasteiger partial charge in [0.15, 0.2) is 0 Å². The number of pyridine rings is 1. The Bertz CT molecular complexity index is 297. The van der Waals surface area contributed by atoms with Crippen LogP contribution in [0, 0.1) is 5.92 Å². The highest BCUT2D eigenvalue weighted by atomic mass is 16.5. The second-order valence-electron chi connectivity index (χ2n) is 4.23. The maximum atomic E-state index is 9.23. The predicted octanol–water partition coefficient (Wildman–Crippen LogP) is 2.04. The van der Waals surface area contributed by atoms with Crippen molar-refractivity contribution in [2.75, 3.05) is 6.61 Å². The summed E-state index contributed by atoms with van der Waals surface area (Å²) in [5.41, 5.74) is 0.867. The lowest BCUT2D eigenvalue weighted by Gasteiger charge is -2.09. The highest BCUT2D eigenvalue weighted by Gasteiger charge is 2.03. The van der Waals surface area contributed by atoms with Crippen LogP contribution >= 0.6 is 0 Å². The van der Waals surface area contributed by atoms with Gasteiger partial charge >= 0.3 is 0 Å². The minimum Gasteiger partial charge on any atom is -0.477 e. The fourth-order valence-corrected chi connectivity index (χ4v) is 1.21. The normalized spacial score (nSPS) is 12.9. The number of hydrogen-bond acceptors (Lipinski definition) is 3. The molecule has 3 nitrogen and oxygen atoms in total. The summed E-state index contributed by atoms with van der Waals surface area (Å²) in [5, 5.41) is 9.23. The second-order valence-corrected chi connectivity index (χ2v) is 4.23. The van der Waals surface area contributed by atoms with Crippen LogP contribution in [0.5, 0.6) is 5.88 Å². The first-order valence-electron chi connectivity index (χ1n) is 5.34. The molecule has 1 rings (SSSR count). The van der Waals surface area contributed by atoms with Crippen molar-refractivity contribution in [1.82, 2.24) is 4.98 Å². The Morgan fingerprint density at radius 3 is 2.67 bits per heavy atom. The summed E-state index contributed by atoms with van der Waals surface area (Å²) in [4.78, 5) is 4.30. The lowest BCUT2D eigenvalue weighted by molar-refractivity contribution is 0.193. The van der Waals surface area contributed by atoms with Crippen molar-refractivity contribution in [2.24, 2.45) is 5.92 Å². The number of ether oxygens (including phenoxy) is 1. The number of aliphatic hydroxyl groups is 1. The Labute approximate surface area is 91.1 Å². The maximum absolute atomic E-state index is 9.23. The fourth-order valence-electron chi connectivity index (χ4n) is 1.21. The van der Waals surface area contributed by atoms with Gasteiger partial charge in [0.05, 0.1) is 12.7 Å². The zero-order chi connectivity index (χ0) is 11.3. The molecule has 1 unspecified atom stereocenters. The predicted molar refractivity (Wildman–Crippen MR) is 60.0 cm³/mol. The molecule has 84 valence electrons. The summed E-state index contributed by atoms with van der Waals surface area (Å²) in [6.07, 6.45) is 0.205. The Kier molecular flexibility index (Phi) is 4.56. The lowest BCUT2D eigenvalue weighted by atomic mass is 10.2. The molecule has 1 aromatic heterocycles. The third-order valence-electron chi connectivity index (χ3n) is 1.85. The van der Waals surface area contributed by atoms with E-state index < -0.39 is 0 Å². The first-order chi connectivity index (χ1) is 7.08. The van der Waals surface area contributed by atoms with E-state index in [9.17, 15) is 5.11 Å². The van der Waals surface area contributed by atoms with Crippen molar-refractivity contribution in [1.29, 1.82) is 0 Å². The second kappa shape index (κ2) is 5.71. The van der Waals surface area contributed by atoms with E-state index in [0.29, 0.717) is 24.8 Å². The molecule has 0 saturated heterocycles. The van der Waals surface area contributed by atoms with Gasteiger partial charge in [-0.15, -0.1) is 0 Å². The molecule has 0 aliphatic rings. The van der Waals surface area contributed by atoms with Gasteiger partial charge < -0.3 is 9.84 Å². The van der Waals surface area contributed by atoms with Gasteiger partial charge in [0.1, 0.15) is 0 Å². The van der Waals surface area contributed by atoms with Gasteiger partial charge in [-0.2, -0.15) is 0 Å². The summed E-state index contributed by atoms with van der Waals surface area (Å²) < 4.78 is 5.50. The quantitative estimate of drug-likeness (QED) is 0.807. The minimum atomic E-state index is -0.363. The van der Waals surface area contributed by atoms with Crippen LogP contribution in [0.4, 0.5) is 0 Å². The van der Waals surface area contributed by atoms with Crippen LogP contribution in [0.2, 0.25) is 0 Å². The standard InChI is InChI=1S/C12H19NO2/c1-9(2)8-15-12-6-4-5-11(13-12)7-10(3)14/h4-6,9-10,14H,7-8H2,1-3H3. The van der Waals surface area contributed by atoms with E-state index in [0.717, 1.165) is 5.69 Å². The molecule has 1 heterocycles. The SMILES string of the molecule is CC(C)COc1cccc(CC(C)O)n1. The molecule has 0 saturated carbocycles. The molecule has 0 aliphatic carbocycles. The minimum absolute atomic E-state index is 0.363. The van der Waals surface area contributed by atoms with E-state index in [1.807, 2.05) is 18.2 Å². The van der Waals surface area contributed by atoms with Gasteiger partial charge in [0.25, 0.3) is 0 Å². The number of aromatic nitrogens is 1.